The van der Waals surface area contributed by atoms with Crippen molar-refractivity contribution in [2.45, 2.75) is 38.1 Å². The molecule has 2 saturated heterocycles. The minimum Gasteiger partial charge on any atom is -0.372 e. The van der Waals surface area contributed by atoms with E-state index in [1.165, 1.54) is 41.6 Å². The molecule has 0 N–H and O–H groups in total. The normalized spacial score (nSPS) is 21.3. The molecule has 1 unspecified atom stereocenters. The predicted octanol–water partition coefficient (Wildman–Crippen LogP) is 5.83. The average Bonchev–Trinajstić information content (AvgIpc) is 2.97. The summed E-state index contributed by atoms with van der Waals surface area (Å²) >= 11 is 0. The Labute approximate surface area is 221 Å². The lowest BCUT2D eigenvalue weighted by molar-refractivity contribution is 0.0746. The van der Waals surface area contributed by atoms with Crippen LogP contribution in [-0.2, 0) is 6.42 Å². The van der Waals surface area contributed by atoms with Gasteiger partial charge in [0.1, 0.15) is 0 Å². The van der Waals surface area contributed by atoms with E-state index in [2.05, 4.69) is 93.6 Å². The van der Waals surface area contributed by atoms with Crippen molar-refractivity contribution < 1.29 is 4.79 Å². The lowest BCUT2D eigenvalue weighted by atomic mass is 9.82. The molecule has 0 radical (unpaired) electrons. The van der Waals surface area contributed by atoms with Crippen molar-refractivity contribution in [1.29, 1.82) is 0 Å². The van der Waals surface area contributed by atoms with Gasteiger partial charge in [-0.15, -0.1) is 0 Å². The predicted molar refractivity (Wildman–Crippen MR) is 151 cm³/mol. The highest BCUT2D eigenvalue weighted by Gasteiger charge is 2.32. The molecule has 2 aliphatic heterocycles. The molecule has 0 amide bonds. The van der Waals surface area contributed by atoms with E-state index in [1.807, 2.05) is 0 Å². The van der Waals surface area contributed by atoms with Crippen LogP contribution in [0.15, 0.2) is 78.9 Å². The third-order valence-corrected chi connectivity index (χ3v) is 8.69. The number of ketones is 1. The number of piperidine rings is 1. The second kappa shape index (κ2) is 11.2. The number of piperazine rings is 1. The molecule has 192 valence electrons. The zero-order valence-corrected chi connectivity index (χ0v) is 21.9. The van der Waals surface area contributed by atoms with Crippen molar-refractivity contribution in [3.63, 3.8) is 0 Å². The Morgan fingerprint density at radius 3 is 2.03 bits per heavy atom. The molecule has 0 saturated carbocycles. The highest BCUT2D eigenvalue weighted by atomic mass is 16.1. The molecular weight excluding hydrogens is 454 g/mol. The maximum absolute atomic E-state index is 13.5. The maximum Gasteiger partial charge on any atom is 0.167 e. The Morgan fingerprint density at radius 1 is 0.730 bits per heavy atom. The Balaban J connectivity index is 1.09. The summed E-state index contributed by atoms with van der Waals surface area (Å²) in [5, 5.41) is 0. The van der Waals surface area contributed by atoms with Crippen LogP contribution in [0.3, 0.4) is 0 Å². The monoisotopic (exact) mass is 493 g/mol. The number of hydrogen-bond donors (Lipinski definition) is 0. The molecule has 6 rings (SSSR count). The summed E-state index contributed by atoms with van der Waals surface area (Å²) in [4.78, 5) is 21.1. The van der Waals surface area contributed by atoms with Crippen LogP contribution in [0.25, 0.3) is 0 Å². The number of carbonyl (C=O) groups excluding carboxylic acids is 1. The first-order valence-corrected chi connectivity index (χ1v) is 14.2. The Bertz CT molecular complexity index is 1140. The summed E-state index contributed by atoms with van der Waals surface area (Å²) in [5.74, 6) is 0.485. The molecule has 0 aromatic heterocycles. The Morgan fingerprint density at radius 2 is 1.38 bits per heavy atom. The molecule has 4 heteroatoms. The third-order valence-electron chi connectivity index (χ3n) is 8.69. The van der Waals surface area contributed by atoms with Crippen molar-refractivity contribution in [2.24, 2.45) is 5.92 Å². The van der Waals surface area contributed by atoms with Gasteiger partial charge in [0.2, 0.25) is 0 Å². The van der Waals surface area contributed by atoms with E-state index in [-0.39, 0.29) is 12.0 Å². The molecule has 0 spiro atoms. The van der Waals surface area contributed by atoms with Gasteiger partial charge in [-0.3, -0.25) is 9.69 Å². The van der Waals surface area contributed by atoms with Crippen molar-refractivity contribution in [3.05, 3.63) is 101 Å². The van der Waals surface area contributed by atoms with E-state index in [4.69, 9.17) is 0 Å². The summed E-state index contributed by atoms with van der Waals surface area (Å²) in [6, 6.07) is 28.7. The molecule has 4 nitrogen and oxygen atoms in total. The van der Waals surface area contributed by atoms with Crippen LogP contribution in [0, 0.1) is 5.92 Å². The van der Waals surface area contributed by atoms with Crippen molar-refractivity contribution >= 4 is 11.5 Å². The van der Waals surface area contributed by atoms with E-state index in [1.54, 1.807) is 0 Å². The second-order valence-corrected chi connectivity index (χ2v) is 11.0. The molecule has 37 heavy (non-hydrogen) atoms. The lowest BCUT2D eigenvalue weighted by Gasteiger charge is -2.41. The zero-order chi connectivity index (χ0) is 25.0. The van der Waals surface area contributed by atoms with Crippen molar-refractivity contribution in [1.82, 2.24) is 9.80 Å². The minimum absolute atomic E-state index is 0.124. The van der Waals surface area contributed by atoms with Crippen LogP contribution < -0.4 is 4.90 Å². The highest BCUT2D eigenvalue weighted by Crippen LogP contribution is 2.32. The summed E-state index contributed by atoms with van der Waals surface area (Å²) in [7, 11) is 0. The maximum atomic E-state index is 13.5. The summed E-state index contributed by atoms with van der Waals surface area (Å²) in [5.41, 5.74) is 6.26. The van der Waals surface area contributed by atoms with Crippen LogP contribution in [-0.4, -0.2) is 61.4 Å². The zero-order valence-electron chi connectivity index (χ0n) is 21.9. The Hall–Kier alpha value is -2.95. The van der Waals surface area contributed by atoms with E-state index in [0.717, 1.165) is 64.2 Å². The van der Waals surface area contributed by atoms with E-state index < -0.39 is 0 Å². The van der Waals surface area contributed by atoms with Gasteiger partial charge in [-0.05, 0) is 67.0 Å². The number of fused-ring (bicyclic) bond motifs is 1. The van der Waals surface area contributed by atoms with E-state index >= 15 is 0 Å². The largest absolute Gasteiger partial charge is 0.372 e. The average molecular weight is 494 g/mol. The van der Waals surface area contributed by atoms with Crippen LogP contribution in [0.1, 0.15) is 58.8 Å². The number of nitrogens with zero attached hydrogens (tertiary/aromatic N) is 3. The van der Waals surface area contributed by atoms with Gasteiger partial charge >= 0.3 is 0 Å². The van der Waals surface area contributed by atoms with Gasteiger partial charge in [0.25, 0.3) is 0 Å². The van der Waals surface area contributed by atoms with Gasteiger partial charge in [0.15, 0.2) is 5.78 Å². The molecule has 3 aromatic carbocycles. The number of Topliss-reactive ketones (excluding diaryl/α,β-unsaturated/α-hetero) is 1. The molecule has 0 bridgehead atoms. The Kier molecular flexibility index (Phi) is 7.38. The van der Waals surface area contributed by atoms with Gasteiger partial charge in [0, 0.05) is 63.0 Å². The van der Waals surface area contributed by atoms with E-state index in [0.29, 0.717) is 5.78 Å². The van der Waals surface area contributed by atoms with Crippen molar-refractivity contribution in [2.75, 3.05) is 50.7 Å². The summed E-state index contributed by atoms with van der Waals surface area (Å²) in [6.07, 6.45) is 5.91. The first kappa shape index (κ1) is 24.4. The number of carbonyl (C=O) groups is 1. The fourth-order valence-corrected chi connectivity index (χ4v) is 6.63. The summed E-state index contributed by atoms with van der Waals surface area (Å²) in [6.45, 7) is 7.26. The minimum atomic E-state index is 0.124. The van der Waals surface area contributed by atoms with Gasteiger partial charge in [-0.1, -0.05) is 60.7 Å². The van der Waals surface area contributed by atoms with Gasteiger partial charge in [-0.25, -0.2) is 0 Å². The van der Waals surface area contributed by atoms with Gasteiger partial charge in [0.05, 0.1) is 6.04 Å². The molecule has 3 aromatic rings. The number of anilines is 1. The van der Waals surface area contributed by atoms with Crippen LogP contribution >= 0.6 is 0 Å². The molecule has 1 atom stereocenters. The molecule has 3 aliphatic rings. The summed E-state index contributed by atoms with van der Waals surface area (Å²) < 4.78 is 0. The van der Waals surface area contributed by atoms with Crippen LogP contribution in [0.2, 0.25) is 0 Å². The molecular formula is C33H39N3O. The number of hydrogen-bond acceptors (Lipinski definition) is 4. The molecule has 1 aliphatic carbocycles. The first-order chi connectivity index (χ1) is 18.3. The fourth-order valence-electron chi connectivity index (χ4n) is 6.63. The SMILES string of the molecule is O=C1c2ccc(N3CCCCC3)cc2CCC1CN1CCN(C(c2ccccc2)c2ccccc2)CC1. The smallest absolute Gasteiger partial charge is 0.167 e. The third kappa shape index (κ3) is 5.37. The van der Waals surface area contributed by atoms with Gasteiger partial charge < -0.3 is 9.80 Å². The number of aryl methyl sites for hydroxylation is 1. The fraction of sp³-hybridized carbons (Fsp3) is 0.424. The molecule has 2 fully saturated rings. The van der Waals surface area contributed by atoms with Crippen LogP contribution in [0.5, 0.6) is 0 Å². The first-order valence-electron chi connectivity index (χ1n) is 14.2. The highest BCUT2D eigenvalue weighted by molar-refractivity contribution is 6.00. The quantitative estimate of drug-likeness (QED) is 0.432. The lowest BCUT2D eigenvalue weighted by Crippen LogP contribution is -2.50. The molecule has 2 heterocycles. The van der Waals surface area contributed by atoms with E-state index in [9.17, 15) is 4.79 Å². The van der Waals surface area contributed by atoms with Gasteiger partial charge in [-0.2, -0.15) is 0 Å². The standard InChI is InChI=1S/C33H39N3O/c37-33-29(15-14-28-24-30(16-17-31(28)33)35-18-8-3-9-19-35)25-34-20-22-36(23-21-34)32(26-10-4-1-5-11-26)27-12-6-2-7-13-27/h1-2,4-7,10-13,16-17,24,29,32H,3,8-9,14-15,18-23,25H2. The number of rotatable bonds is 6. The number of benzene rings is 3. The topological polar surface area (TPSA) is 26.8 Å². The van der Waals surface area contributed by atoms with Crippen molar-refractivity contribution in [3.8, 4) is 0 Å². The van der Waals surface area contributed by atoms with Crippen LogP contribution in [0.4, 0.5) is 5.69 Å². The second-order valence-electron chi connectivity index (χ2n) is 11.0.